The molecule has 1 unspecified atom stereocenters. The molecule has 0 radical (unpaired) electrons. The second-order valence-corrected chi connectivity index (χ2v) is 13.4. The van der Waals surface area contributed by atoms with Crippen molar-refractivity contribution in [2.24, 2.45) is 0 Å². The second kappa shape index (κ2) is 11.2. The third kappa shape index (κ3) is 5.55. The fourth-order valence-corrected chi connectivity index (χ4v) is 7.09. The van der Waals surface area contributed by atoms with Gasteiger partial charge in [-0.1, -0.05) is 0 Å². The molecule has 4 aromatic rings. The van der Waals surface area contributed by atoms with Crippen molar-refractivity contribution in [3.05, 3.63) is 41.3 Å². The van der Waals surface area contributed by atoms with Crippen LogP contribution in [0.15, 0.2) is 30.0 Å². The Morgan fingerprint density at radius 2 is 1.93 bits per heavy atom. The number of aromatic amines is 1. The number of nitrogen functional groups attached to an aromatic ring is 1. The number of phosphoric acid groups is 2. The van der Waals surface area contributed by atoms with E-state index in [1.807, 2.05) is 0 Å². The average Bonchev–Trinajstić information content (AvgIpc) is 3.80. The lowest BCUT2D eigenvalue weighted by molar-refractivity contribution is -0.181. The van der Waals surface area contributed by atoms with Gasteiger partial charge in [-0.15, -0.1) is 0 Å². The van der Waals surface area contributed by atoms with Gasteiger partial charge in [-0.05, 0) is 0 Å². The van der Waals surface area contributed by atoms with Crippen LogP contribution in [0.1, 0.15) is 18.9 Å². The minimum Gasteiger partial charge on any atom is -0.387 e. The fourth-order valence-electron chi connectivity index (χ4n) is 5.76. The average molecular weight is 690 g/mol. The van der Waals surface area contributed by atoms with Crippen molar-refractivity contribution in [3.63, 3.8) is 0 Å². The van der Waals surface area contributed by atoms with Gasteiger partial charge in [0.1, 0.15) is 47.2 Å². The van der Waals surface area contributed by atoms with Crippen molar-refractivity contribution >= 4 is 43.7 Å². The van der Waals surface area contributed by atoms with E-state index in [1.165, 1.54) is 12.7 Å². The predicted octanol–water partition coefficient (Wildman–Crippen LogP) is -0.788. The van der Waals surface area contributed by atoms with Crippen LogP contribution in [0.2, 0.25) is 0 Å². The molecule has 3 aliphatic rings. The first-order valence-corrected chi connectivity index (χ1v) is 16.4. The number of aromatic nitrogens is 7. The van der Waals surface area contributed by atoms with Gasteiger partial charge in [0, 0.05) is 12.6 Å². The maximum Gasteiger partial charge on any atom is 0.472 e. The molecule has 0 aromatic carbocycles. The number of nitrogens with one attached hydrogen (secondary N) is 1. The molecule has 0 aliphatic carbocycles. The zero-order valence-electron chi connectivity index (χ0n) is 23.1. The summed E-state index contributed by atoms with van der Waals surface area (Å²) < 4.78 is 74.6. The minimum absolute atomic E-state index is 0.00759. The molecule has 0 saturated carbocycles. The number of rotatable bonds is 10. The van der Waals surface area contributed by atoms with Gasteiger partial charge >= 0.3 is 15.6 Å². The van der Waals surface area contributed by atoms with Crippen molar-refractivity contribution in [1.82, 2.24) is 34.1 Å². The number of ether oxygens (including phenoxy) is 3. The second-order valence-electron chi connectivity index (χ2n) is 10.8. The van der Waals surface area contributed by atoms with Crippen LogP contribution in [-0.4, -0.2) is 104 Å². The summed E-state index contributed by atoms with van der Waals surface area (Å²) in [7, 11) is -10.2. The highest BCUT2D eigenvalue weighted by molar-refractivity contribution is 7.47. The highest BCUT2D eigenvalue weighted by atomic mass is 31.2. The molecule has 248 valence electrons. The van der Waals surface area contributed by atoms with Crippen LogP contribution in [-0.2, 0) is 36.9 Å². The largest absolute Gasteiger partial charge is 0.472 e. The molecule has 7 rings (SSSR count). The summed E-state index contributed by atoms with van der Waals surface area (Å²) in [5.74, 6) is -0.878. The van der Waals surface area contributed by atoms with E-state index in [0.29, 0.717) is 11.2 Å². The first-order valence-electron chi connectivity index (χ1n) is 13.4. The zero-order valence-corrected chi connectivity index (χ0v) is 24.9. The van der Waals surface area contributed by atoms with Gasteiger partial charge in [-0.25, -0.2) is 33.5 Å². The van der Waals surface area contributed by atoms with E-state index >= 15 is 0 Å². The van der Waals surface area contributed by atoms with Crippen molar-refractivity contribution in [2.45, 2.75) is 48.9 Å². The van der Waals surface area contributed by atoms with Crippen molar-refractivity contribution in [1.29, 1.82) is 0 Å². The number of phosphoric ester groups is 2. The van der Waals surface area contributed by atoms with Gasteiger partial charge < -0.3 is 49.3 Å². The Morgan fingerprint density at radius 1 is 1.13 bits per heavy atom. The van der Waals surface area contributed by atoms with Crippen LogP contribution >= 0.6 is 15.6 Å². The molecular formula is C22H25FN8O13P2. The summed E-state index contributed by atoms with van der Waals surface area (Å²) in [5.41, 5.74) is 4.26. The van der Waals surface area contributed by atoms with Gasteiger partial charge in [0.05, 0.1) is 32.5 Å². The van der Waals surface area contributed by atoms with Crippen molar-refractivity contribution < 1.29 is 61.1 Å². The van der Waals surface area contributed by atoms with Crippen LogP contribution < -0.4 is 11.3 Å². The third-order valence-electron chi connectivity index (χ3n) is 7.79. The lowest BCUT2D eigenvalue weighted by Gasteiger charge is -2.31. The molecule has 46 heavy (non-hydrogen) atoms. The number of hydrogen-bond acceptors (Lipinski definition) is 15. The van der Waals surface area contributed by atoms with Crippen LogP contribution in [0.4, 0.5) is 10.2 Å². The van der Waals surface area contributed by atoms with Crippen LogP contribution in [0.5, 0.6) is 0 Å². The first-order chi connectivity index (χ1) is 21.7. The van der Waals surface area contributed by atoms with E-state index in [1.54, 1.807) is 4.57 Å². The van der Waals surface area contributed by atoms with Gasteiger partial charge in [-0.2, -0.15) is 0 Å². The zero-order chi connectivity index (χ0) is 32.6. The molecule has 3 saturated heterocycles. The Morgan fingerprint density at radius 3 is 2.72 bits per heavy atom. The lowest BCUT2D eigenvalue weighted by Crippen LogP contribution is -2.40. The number of anilines is 1. The molecule has 3 fully saturated rings. The SMILES string of the molecule is Nc1ncnc2c1ncn2[C@@H]1O[C@@]2(COP(=O)(O)O[C@@H]3[C@H](O)[C@@H](COP(=O)(O)O)O[C@H]3n3cc(F)c4c(=O)[nH]cnc43)CO[C@@H]1C2. The molecule has 0 spiro atoms. The Hall–Kier alpha value is -3.24. The van der Waals surface area contributed by atoms with Crippen LogP contribution in [0.25, 0.3) is 22.2 Å². The normalized spacial score (nSPS) is 30.9. The third-order valence-corrected chi connectivity index (χ3v) is 9.24. The van der Waals surface area contributed by atoms with E-state index in [-0.39, 0.29) is 24.5 Å². The lowest BCUT2D eigenvalue weighted by atomic mass is 10.0. The van der Waals surface area contributed by atoms with E-state index in [4.69, 9.17) is 38.8 Å². The van der Waals surface area contributed by atoms with Gasteiger partial charge in [0.15, 0.2) is 35.4 Å². The van der Waals surface area contributed by atoms with E-state index in [9.17, 15) is 28.3 Å². The molecule has 7 heterocycles. The molecule has 8 atom stereocenters. The highest BCUT2D eigenvalue weighted by Crippen LogP contribution is 2.53. The van der Waals surface area contributed by atoms with Crippen molar-refractivity contribution in [3.8, 4) is 0 Å². The molecular weight excluding hydrogens is 665 g/mol. The Balaban J connectivity index is 1.11. The summed E-state index contributed by atoms with van der Waals surface area (Å²) in [5, 5.41) is 10.5. The number of nitrogens with zero attached hydrogens (tertiary/aromatic N) is 6. The quantitative estimate of drug-likeness (QED) is 0.111. The summed E-state index contributed by atoms with van der Waals surface area (Å²) in [6.07, 6.45) is -3.46. The number of halogens is 1. The van der Waals surface area contributed by atoms with Crippen molar-refractivity contribution in [2.75, 3.05) is 25.6 Å². The molecule has 4 aromatic heterocycles. The van der Waals surface area contributed by atoms with E-state index in [2.05, 4.69) is 29.4 Å². The monoisotopic (exact) mass is 690 g/mol. The number of aliphatic hydroxyl groups excluding tert-OH is 1. The summed E-state index contributed by atoms with van der Waals surface area (Å²) in [6, 6.07) is 0. The van der Waals surface area contributed by atoms with Gasteiger partial charge in [0.25, 0.3) is 5.56 Å². The number of nitrogens with two attached hydrogens (primary N) is 1. The molecule has 7 N–H and O–H groups in total. The standard InChI is InChI=1S/C22H25FN8O13P2/c23-9-2-30(17-12(9)19(33)28-7-26-17)21-15(14(32)11(42-21)3-40-45(34,35)36)44-46(37,38)41-5-22-1-10(39-4-22)20(43-22)31-8-29-13-16(24)25-6-27-18(13)31/h2,6-8,10-11,14-15,20-21,32H,1,3-5H2,(H,37,38)(H2,24,25,27)(H,26,28,33)(H2,34,35,36)/t10-,11-,14-,15-,20-,21-,22-/m1/s1. The number of hydrogen-bond donors (Lipinski definition) is 6. The minimum atomic E-state index is -5.11. The molecule has 24 heteroatoms. The summed E-state index contributed by atoms with van der Waals surface area (Å²) in [6.45, 7) is -1.42. The molecule has 0 amide bonds. The smallest absolute Gasteiger partial charge is 0.387 e. The van der Waals surface area contributed by atoms with Gasteiger partial charge in [0.2, 0.25) is 0 Å². The fraction of sp³-hybridized carbons (Fsp3) is 0.500. The Bertz CT molecular complexity index is 1970. The predicted molar refractivity (Wildman–Crippen MR) is 146 cm³/mol. The maximum absolute atomic E-state index is 14.8. The summed E-state index contributed by atoms with van der Waals surface area (Å²) in [4.78, 5) is 59.6. The first kappa shape index (κ1) is 31.4. The Labute approximate surface area is 254 Å². The number of imidazole rings is 1. The molecule has 2 bridgehead atoms. The maximum atomic E-state index is 14.8. The number of aliphatic hydroxyl groups is 1. The van der Waals surface area contributed by atoms with Crippen LogP contribution in [0, 0.1) is 5.82 Å². The highest BCUT2D eigenvalue weighted by Gasteiger charge is 2.56. The van der Waals surface area contributed by atoms with Crippen LogP contribution in [0.3, 0.4) is 0 Å². The molecule has 21 nitrogen and oxygen atoms in total. The topological polar surface area (TPSA) is 291 Å². The van der Waals surface area contributed by atoms with E-state index in [0.717, 1.165) is 17.1 Å². The van der Waals surface area contributed by atoms with Gasteiger partial charge in [-0.3, -0.25) is 22.9 Å². The molecule has 3 aliphatic heterocycles. The number of fused-ring (bicyclic) bond motifs is 4. The Kier molecular flexibility index (Phi) is 7.63. The summed E-state index contributed by atoms with van der Waals surface area (Å²) >= 11 is 0. The van der Waals surface area contributed by atoms with E-state index < -0.39 is 88.1 Å². The number of H-pyrrole nitrogens is 1.